The Kier molecular flexibility index (Phi) is 15.6. The minimum absolute atomic E-state index is 0.156. The van der Waals surface area contributed by atoms with E-state index in [4.69, 9.17) is 28.3 Å². The normalized spacial score (nSPS) is 12.4. The average molecular weight is 1020 g/mol. The highest BCUT2D eigenvalue weighted by atomic mass is 19.2. The molecule has 6 aromatic carbocycles. The van der Waals surface area contributed by atoms with Crippen LogP contribution in [0.3, 0.4) is 0 Å². The van der Waals surface area contributed by atoms with Crippen LogP contribution in [-0.4, -0.2) is 46.9 Å². The van der Waals surface area contributed by atoms with E-state index < -0.39 is 36.6 Å². The topological polar surface area (TPSA) is 128 Å². The Morgan fingerprint density at radius 1 is 0.500 bits per heavy atom. The van der Waals surface area contributed by atoms with E-state index in [2.05, 4.69) is 26.0 Å². The first-order valence-corrected chi connectivity index (χ1v) is 26.2. The second kappa shape index (κ2) is 23.1. The maximum Gasteiger partial charge on any atom is 0.678 e. The smallest absolute Gasteiger partial charge is 0.494 e. The van der Waals surface area contributed by atoms with Gasteiger partial charge in [0.2, 0.25) is 11.8 Å². The van der Waals surface area contributed by atoms with Crippen molar-refractivity contribution in [3.05, 3.63) is 144 Å². The zero-order valence-corrected chi connectivity index (χ0v) is 42.4. The number of aromatic nitrogens is 4. The highest BCUT2D eigenvalue weighted by Gasteiger charge is 2.37. The number of ether oxygens (including phenoxy) is 2. The molecule has 0 bridgehead atoms. The Hall–Kier alpha value is -8.23. The van der Waals surface area contributed by atoms with E-state index in [1.807, 2.05) is 48.5 Å². The summed E-state index contributed by atoms with van der Waals surface area (Å²) in [6.45, 7) is 5.19. The van der Waals surface area contributed by atoms with Crippen LogP contribution in [0.2, 0.25) is 0 Å². The summed E-state index contributed by atoms with van der Waals surface area (Å²) in [5.41, 5.74) is 0.106. The highest BCUT2D eigenvalue weighted by molar-refractivity contribution is 6.45. The summed E-state index contributed by atoms with van der Waals surface area (Å²) in [5, 5.41) is 24.6. The van der Waals surface area contributed by atoms with Gasteiger partial charge in [-0.15, -0.1) is 0 Å². The summed E-state index contributed by atoms with van der Waals surface area (Å²) < 4.78 is 92.8. The lowest BCUT2D eigenvalue weighted by atomic mass is 10.0. The number of unbranched alkanes of at least 4 members (excludes halogenated alkanes) is 10. The molecule has 0 N–H and O–H groups in total. The molecule has 76 heavy (non-hydrogen) atoms. The highest BCUT2D eigenvalue weighted by Crippen LogP contribution is 2.38. The molecule has 0 aliphatic carbocycles. The van der Waals surface area contributed by atoms with Crippen molar-refractivity contribution in [2.45, 2.75) is 90.9 Å². The summed E-state index contributed by atoms with van der Waals surface area (Å²) in [5.74, 6) is 0.316. The fourth-order valence-corrected chi connectivity index (χ4v) is 10.3. The van der Waals surface area contributed by atoms with Crippen molar-refractivity contribution in [2.24, 2.45) is 0 Å². The summed E-state index contributed by atoms with van der Waals surface area (Å²) in [6.07, 6.45) is 12.7. The molecular formula is C60H54B2F4N6O4. The number of hydrogen-bond donors (Lipinski definition) is 0. The molecule has 10 aromatic rings. The number of hydrogen-bond acceptors (Lipinski definition) is 8. The molecule has 0 saturated carbocycles. The number of nitriles is 2. The van der Waals surface area contributed by atoms with Gasteiger partial charge in [0, 0.05) is 10.8 Å². The van der Waals surface area contributed by atoms with Crippen molar-refractivity contribution in [1.82, 2.24) is 18.9 Å². The number of rotatable bonds is 22. The Bertz CT molecular complexity index is 3570. The van der Waals surface area contributed by atoms with E-state index >= 15 is 17.3 Å². The zero-order valence-electron chi connectivity index (χ0n) is 42.4. The quantitative estimate of drug-likeness (QED) is 0.0373. The summed E-state index contributed by atoms with van der Waals surface area (Å²) in [6, 6.07) is 39.0. The van der Waals surface area contributed by atoms with Crippen molar-refractivity contribution < 1.29 is 35.6 Å². The maximum atomic E-state index is 16.7. The molecule has 0 atom stereocenters. The van der Waals surface area contributed by atoms with Crippen molar-refractivity contribution >= 4 is 80.5 Å². The van der Waals surface area contributed by atoms with Crippen molar-refractivity contribution in [3.63, 3.8) is 0 Å². The number of oxazole rings is 2. The van der Waals surface area contributed by atoms with Gasteiger partial charge in [-0.2, -0.15) is 10.5 Å². The van der Waals surface area contributed by atoms with Crippen LogP contribution in [0.25, 0.3) is 88.2 Å². The van der Waals surface area contributed by atoms with Gasteiger partial charge in [-0.05, 0) is 118 Å². The predicted octanol–water partition coefficient (Wildman–Crippen LogP) is 14.8. The van der Waals surface area contributed by atoms with Crippen LogP contribution in [0.1, 0.15) is 103 Å². The van der Waals surface area contributed by atoms with E-state index in [1.165, 1.54) is 12.8 Å². The second-order valence-corrected chi connectivity index (χ2v) is 19.1. The van der Waals surface area contributed by atoms with Gasteiger partial charge < -0.3 is 27.3 Å². The van der Waals surface area contributed by atoms with Gasteiger partial charge in [0.05, 0.1) is 35.3 Å². The first-order valence-electron chi connectivity index (χ1n) is 26.2. The maximum absolute atomic E-state index is 16.7. The van der Waals surface area contributed by atoms with E-state index in [1.54, 1.807) is 72.8 Å². The molecule has 16 heteroatoms. The Morgan fingerprint density at radius 2 is 0.855 bits per heavy atom. The van der Waals surface area contributed by atoms with Gasteiger partial charge in [0.1, 0.15) is 45.8 Å². The fraction of sp³-hybridized carbons (Fsp3) is 0.267. The van der Waals surface area contributed by atoms with Crippen LogP contribution in [0, 0.1) is 22.7 Å². The summed E-state index contributed by atoms with van der Waals surface area (Å²) in [4.78, 5) is 9.39. The number of fused-ring (bicyclic) bond motifs is 5. The van der Waals surface area contributed by atoms with Gasteiger partial charge in [0.25, 0.3) is 0 Å². The predicted molar refractivity (Wildman–Crippen MR) is 294 cm³/mol. The van der Waals surface area contributed by atoms with Crippen LogP contribution >= 0.6 is 0 Å². The average Bonchev–Trinajstić information content (AvgIpc) is 4.36. The van der Waals surface area contributed by atoms with Gasteiger partial charge in [0.15, 0.2) is 11.2 Å². The summed E-state index contributed by atoms with van der Waals surface area (Å²) >= 11 is 0. The van der Waals surface area contributed by atoms with Gasteiger partial charge in [-0.1, -0.05) is 127 Å². The van der Waals surface area contributed by atoms with Gasteiger partial charge >= 0.3 is 14.8 Å². The largest absolute Gasteiger partial charge is 0.678 e. The number of halogens is 4. The molecule has 0 radical (unpaired) electrons. The van der Waals surface area contributed by atoms with Crippen LogP contribution < -0.4 is 20.2 Å². The molecule has 0 fully saturated rings. The van der Waals surface area contributed by atoms with E-state index in [9.17, 15) is 10.5 Å². The minimum atomic E-state index is -3.39. The van der Waals surface area contributed by atoms with Crippen LogP contribution in [0.5, 0.6) is 11.5 Å². The van der Waals surface area contributed by atoms with Crippen LogP contribution in [0.15, 0.2) is 130 Å². The molecule has 10 rings (SSSR count). The lowest BCUT2D eigenvalue weighted by molar-refractivity contribution is 0.304. The Morgan fingerprint density at radius 3 is 1.21 bits per heavy atom. The Labute approximate surface area is 437 Å². The third kappa shape index (κ3) is 10.3. The molecular weight excluding hydrogens is 966 g/mol. The first-order chi connectivity index (χ1) is 37.2. The third-order valence-corrected chi connectivity index (χ3v) is 14.0. The van der Waals surface area contributed by atoms with Crippen molar-refractivity contribution in [3.8, 4) is 46.2 Å². The first kappa shape index (κ1) is 51.3. The molecule has 0 amide bonds. The second-order valence-electron chi connectivity index (χ2n) is 19.1. The minimum Gasteiger partial charge on any atom is -0.494 e. The van der Waals surface area contributed by atoms with Crippen molar-refractivity contribution in [2.75, 3.05) is 13.2 Å². The fourth-order valence-electron chi connectivity index (χ4n) is 10.3. The molecule has 0 unspecified atom stereocenters. The molecule has 4 heterocycles. The molecule has 0 saturated heterocycles. The Balaban J connectivity index is 1.27. The van der Waals surface area contributed by atoms with Crippen LogP contribution in [0.4, 0.5) is 17.3 Å². The van der Waals surface area contributed by atoms with Crippen LogP contribution in [-0.2, 0) is 0 Å². The molecule has 0 aliphatic heterocycles. The molecule has 10 nitrogen and oxygen atoms in total. The number of benzene rings is 6. The van der Waals surface area contributed by atoms with Gasteiger partial charge in [-0.3, -0.25) is 17.3 Å². The van der Waals surface area contributed by atoms with E-state index in [0.717, 1.165) is 85.8 Å². The monoisotopic (exact) mass is 1020 g/mol. The molecule has 0 aliphatic rings. The zero-order chi connectivity index (χ0) is 52.7. The lowest BCUT2D eigenvalue weighted by Gasteiger charge is -2.13. The molecule has 4 aromatic heterocycles. The van der Waals surface area contributed by atoms with E-state index in [0.29, 0.717) is 44.7 Å². The lowest BCUT2D eigenvalue weighted by Crippen LogP contribution is -2.33. The number of nitrogens with zero attached hydrogens (tertiary/aromatic N) is 6. The molecule has 0 spiro atoms. The summed E-state index contributed by atoms with van der Waals surface area (Å²) in [7, 11) is -6.78. The van der Waals surface area contributed by atoms with Crippen molar-refractivity contribution in [1.29, 1.82) is 10.5 Å². The molecule has 382 valence electrons. The van der Waals surface area contributed by atoms with E-state index in [-0.39, 0.29) is 56.2 Å². The van der Waals surface area contributed by atoms with Gasteiger partial charge in [-0.25, -0.2) is 9.97 Å². The standard InChI is InChI=1S/C60H54B2F4N6O4/c1-3-5-7-9-11-17-31-73-45-27-23-39(24-28-45)55-53-54(58(71(55)61(63)64)48(38-68)60-70-50-34-42-20-14-16-22-44(42)36-52(50)76-60)56(40-25-29-46(30-26-40)74-32-18-12-10-8-6-4-2)72(62(65)66)57(53)47(37-67)59-69-49-33-41-19-13-15-21-43(41)35-51(49)75-59/h13-16,19-30,33-36H,3-12,17-18,31-32H2,1-2H3/b57-47-,58-48-. The third-order valence-electron chi connectivity index (χ3n) is 14.0. The SMILES string of the molecule is CCCCCCCCOc1ccc(-c2c3/c(=C(\C#N)c4nc5cc6ccccc6cc5o4)n(B(F)F)c(-c4ccc(OCCCCCCCC)cc4)c3/c(=C(\C#N)c3nc4cc5ccccc5cc4o3)n2B(F)F)cc1.